The summed E-state index contributed by atoms with van der Waals surface area (Å²) >= 11 is 5.26. The number of nitrogens with zero attached hydrogens (tertiary/aromatic N) is 1. The fourth-order valence-corrected chi connectivity index (χ4v) is 0.846. The molecule has 0 saturated heterocycles. The molecule has 0 unspecified atom stereocenters. The molecule has 1 rings (SSSR count). The van der Waals surface area contributed by atoms with E-state index in [9.17, 15) is 9.59 Å². The zero-order valence-electron chi connectivity index (χ0n) is 6.83. The molecule has 0 aromatic carbocycles. The van der Waals surface area contributed by atoms with Crippen LogP contribution in [0.2, 0.25) is 0 Å². The van der Waals surface area contributed by atoms with Gasteiger partial charge in [0.25, 0.3) is 0 Å². The lowest BCUT2D eigenvalue weighted by molar-refractivity contribution is -0.119. The summed E-state index contributed by atoms with van der Waals surface area (Å²) in [5.41, 5.74) is 0. The summed E-state index contributed by atoms with van der Waals surface area (Å²) in [6.07, 6.45) is 0. The van der Waals surface area contributed by atoms with E-state index in [1.165, 1.54) is 0 Å². The van der Waals surface area contributed by atoms with Gasteiger partial charge in [0.2, 0.25) is 11.8 Å². The zero-order valence-corrected chi connectivity index (χ0v) is 7.59. The van der Waals surface area contributed by atoms with E-state index in [4.69, 9.17) is 11.6 Å². The third-order valence-electron chi connectivity index (χ3n) is 1.32. The molecule has 13 heavy (non-hydrogen) atoms. The summed E-state index contributed by atoms with van der Waals surface area (Å²) in [4.78, 5) is 21.3. The number of nitrogens with one attached hydrogen (secondary N) is 2. The first kappa shape index (κ1) is 9.79. The van der Waals surface area contributed by atoms with Crippen molar-refractivity contribution in [2.75, 3.05) is 5.88 Å². The number of aromatic amines is 1. The molecule has 1 aromatic heterocycles. The topological polar surface area (TPSA) is 88.0 Å². The number of carbonyl (C=O) groups excluding carboxylic acids is 1. The number of carbonyl (C=O) groups is 1. The lowest BCUT2D eigenvalue weighted by Gasteiger charge is -2.06. The Morgan fingerprint density at radius 2 is 2.54 bits per heavy atom. The molecule has 1 amide bonds. The maximum absolute atomic E-state index is 10.8. The minimum absolute atomic E-state index is 0.128. The van der Waals surface area contributed by atoms with Gasteiger partial charge >= 0.3 is 5.76 Å². The van der Waals surface area contributed by atoms with Gasteiger partial charge in [-0.2, -0.15) is 0 Å². The Kier molecular flexibility index (Phi) is 3.07. The number of amides is 1. The average Bonchev–Trinajstić information content (AvgIpc) is 2.51. The molecule has 0 aliphatic heterocycles. The molecule has 2 N–H and O–H groups in total. The van der Waals surface area contributed by atoms with Gasteiger partial charge in [0.1, 0.15) is 11.9 Å². The Morgan fingerprint density at radius 3 is 3.00 bits per heavy atom. The van der Waals surface area contributed by atoms with Crippen molar-refractivity contribution in [3.8, 4) is 0 Å². The molecule has 6 nitrogen and oxygen atoms in total. The number of halogens is 1. The monoisotopic (exact) mass is 205 g/mol. The summed E-state index contributed by atoms with van der Waals surface area (Å²) < 4.78 is 4.61. The molecule has 0 spiro atoms. The maximum atomic E-state index is 10.8. The molecule has 1 heterocycles. The summed E-state index contributed by atoms with van der Waals surface area (Å²) in [7, 11) is 0. The molecule has 0 aliphatic rings. The van der Waals surface area contributed by atoms with Crippen LogP contribution in [0.15, 0.2) is 9.21 Å². The molecule has 0 aliphatic carbocycles. The van der Waals surface area contributed by atoms with Crippen molar-refractivity contribution in [1.82, 2.24) is 15.5 Å². The van der Waals surface area contributed by atoms with Crippen LogP contribution in [0.4, 0.5) is 0 Å². The molecule has 72 valence electrons. The van der Waals surface area contributed by atoms with Gasteiger partial charge in [0.15, 0.2) is 0 Å². The number of alkyl halides is 1. The predicted molar refractivity (Wildman–Crippen MR) is 44.4 cm³/mol. The van der Waals surface area contributed by atoms with Gasteiger partial charge in [0.05, 0.1) is 0 Å². The van der Waals surface area contributed by atoms with Crippen LogP contribution < -0.4 is 11.1 Å². The largest absolute Gasteiger partial charge is 0.434 e. The predicted octanol–water partition coefficient (Wildman–Crippen LogP) is -0.221. The van der Waals surface area contributed by atoms with Crippen molar-refractivity contribution in [1.29, 1.82) is 0 Å². The van der Waals surface area contributed by atoms with Crippen molar-refractivity contribution >= 4 is 17.5 Å². The van der Waals surface area contributed by atoms with Gasteiger partial charge in [-0.1, -0.05) is 0 Å². The van der Waals surface area contributed by atoms with Crippen molar-refractivity contribution in [3.05, 3.63) is 16.4 Å². The van der Waals surface area contributed by atoms with Crippen LogP contribution in [0, 0.1) is 0 Å². The highest BCUT2D eigenvalue weighted by Gasteiger charge is 2.13. The van der Waals surface area contributed by atoms with Crippen LogP contribution in [0.3, 0.4) is 0 Å². The van der Waals surface area contributed by atoms with Gasteiger partial charge < -0.3 is 9.73 Å². The highest BCUT2D eigenvalue weighted by Crippen LogP contribution is 2.04. The molecule has 0 bridgehead atoms. The minimum Gasteiger partial charge on any atom is -0.390 e. The first-order valence-electron chi connectivity index (χ1n) is 3.54. The molecular formula is C6H8ClN3O3. The second kappa shape index (κ2) is 4.08. The van der Waals surface area contributed by atoms with Crippen molar-refractivity contribution < 1.29 is 9.21 Å². The van der Waals surface area contributed by atoms with Gasteiger partial charge in [-0.05, 0) is 6.92 Å². The van der Waals surface area contributed by atoms with E-state index in [1.807, 2.05) is 0 Å². The van der Waals surface area contributed by atoms with E-state index >= 15 is 0 Å². The van der Waals surface area contributed by atoms with Crippen LogP contribution in [0.25, 0.3) is 0 Å². The van der Waals surface area contributed by atoms with Gasteiger partial charge in [-0.15, -0.1) is 16.7 Å². The summed E-state index contributed by atoms with van der Waals surface area (Å²) in [5.74, 6) is -1.01. The maximum Gasteiger partial charge on any atom is 0.434 e. The molecule has 1 atom stereocenters. The van der Waals surface area contributed by atoms with Gasteiger partial charge in [-0.25, -0.2) is 9.89 Å². The number of hydrogen-bond donors (Lipinski definition) is 2. The Morgan fingerprint density at radius 1 is 1.85 bits per heavy atom. The highest BCUT2D eigenvalue weighted by molar-refractivity contribution is 6.27. The van der Waals surface area contributed by atoms with Crippen LogP contribution >= 0.6 is 11.6 Å². The Balaban J connectivity index is 2.63. The first-order chi connectivity index (χ1) is 6.13. The lowest BCUT2D eigenvalue weighted by Crippen LogP contribution is -2.27. The molecule has 0 radical (unpaired) electrons. The highest BCUT2D eigenvalue weighted by atomic mass is 35.5. The van der Waals surface area contributed by atoms with Gasteiger partial charge in [-0.3, -0.25) is 4.79 Å². The first-order valence-corrected chi connectivity index (χ1v) is 4.07. The quantitative estimate of drug-likeness (QED) is 0.668. The van der Waals surface area contributed by atoms with Crippen LogP contribution in [0.1, 0.15) is 18.9 Å². The Labute approximate surface area is 78.3 Å². The van der Waals surface area contributed by atoms with E-state index in [2.05, 4.69) is 19.9 Å². The molecule has 0 fully saturated rings. The van der Waals surface area contributed by atoms with Crippen molar-refractivity contribution in [2.45, 2.75) is 13.0 Å². The lowest BCUT2D eigenvalue weighted by atomic mass is 10.3. The van der Waals surface area contributed by atoms with E-state index in [-0.39, 0.29) is 17.7 Å². The van der Waals surface area contributed by atoms with E-state index < -0.39 is 11.8 Å². The van der Waals surface area contributed by atoms with Crippen LogP contribution in [0.5, 0.6) is 0 Å². The molecule has 0 saturated carbocycles. The standard InChI is InChI=1S/C6H8ClN3O3/c1-3(8-4(11)2-7)5-9-10-6(12)13-5/h3H,2H2,1H3,(H,8,11)(H,10,12)/t3-/m0/s1. The SMILES string of the molecule is C[C@H](NC(=O)CCl)c1n[nH]c(=O)o1. The Bertz CT molecular complexity index is 345. The Hall–Kier alpha value is -1.30. The second-order valence-electron chi connectivity index (χ2n) is 2.37. The van der Waals surface area contributed by atoms with Gasteiger partial charge in [0, 0.05) is 0 Å². The molecule has 1 aromatic rings. The number of aromatic nitrogens is 2. The fraction of sp³-hybridized carbons (Fsp3) is 0.500. The summed E-state index contributed by atoms with van der Waals surface area (Å²) in [6.45, 7) is 1.63. The summed E-state index contributed by atoms with van der Waals surface area (Å²) in [5, 5.41) is 8.10. The zero-order chi connectivity index (χ0) is 9.84. The summed E-state index contributed by atoms with van der Waals surface area (Å²) in [6, 6.07) is -0.467. The second-order valence-corrected chi connectivity index (χ2v) is 2.64. The van der Waals surface area contributed by atoms with Crippen LogP contribution in [-0.2, 0) is 4.79 Å². The van der Waals surface area contributed by atoms with Crippen LogP contribution in [-0.4, -0.2) is 22.0 Å². The van der Waals surface area contributed by atoms with E-state index in [0.29, 0.717) is 0 Å². The third kappa shape index (κ3) is 2.59. The van der Waals surface area contributed by atoms with Crippen molar-refractivity contribution in [3.63, 3.8) is 0 Å². The van der Waals surface area contributed by atoms with Crippen molar-refractivity contribution in [2.24, 2.45) is 0 Å². The van der Waals surface area contributed by atoms with E-state index in [1.54, 1.807) is 6.92 Å². The third-order valence-corrected chi connectivity index (χ3v) is 1.57. The fourth-order valence-electron chi connectivity index (χ4n) is 0.768. The average molecular weight is 206 g/mol. The number of hydrogen-bond acceptors (Lipinski definition) is 4. The minimum atomic E-state index is -0.651. The number of rotatable bonds is 3. The molecular weight excluding hydrogens is 198 g/mol. The number of H-pyrrole nitrogens is 1. The normalized spacial score (nSPS) is 12.5. The smallest absolute Gasteiger partial charge is 0.390 e. The van der Waals surface area contributed by atoms with E-state index in [0.717, 1.165) is 0 Å². The molecule has 7 heteroatoms.